The van der Waals surface area contributed by atoms with E-state index in [2.05, 4.69) is 31.2 Å². The Balaban J connectivity index is 1.35. The molecule has 3 aromatic heterocycles. The molecule has 0 spiro atoms. The van der Waals surface area contributed by atoms with Crippen LogP contribution in [0, 0.1) is 0 Å². The third-order valence-corrected chi connectivity index (χ3v) is 8.19. The van der Waals surface area contributed by atoms with Crippen LogP contribution < -0.4 is 4.74 Å². The van der Waals surface area contributed by atoms with E-state index in [9.17, 15) is 8.42 Å². The number of ether oxygens (including phenoxy) is 1. The lowest BCUT2D eigenvalue weighted by molar-refractivity contribution is 0.128. The summed E-state index contributed by atoms with van der Waals surface area (Å²) in [7, 11) is -3.44. The predicted octanol–water partition coefficient (Wildman–Crippen LogP) is 2.72. The van der Waals surface area contributed by atoms with Crippen LogP contribution in [-0.2, 0) is 10.0 Å². The van der Waals surface area contributed by atoms with Crippen molar-refractivity contribution < 1.29 is 13.2 Å². The molecule has 0 unspecified atom stereocenters. The highest BCUT2D eigenvalue weighted by Crippen LogP contribution is 2.30. The van der Waals surface area contributed by atoms with E-state index in [-0.39, 0.29) is 6.10 Å². The van der Waals surface area contributed by atoms with Gasteiger partial charge >= 0.3 is 0 Å². The van der Waals surface area contributed by atoms with Gasteiger partial charge < -0.3 is 4.74 Å². The molecular formula is C16H16BrN5O3S2. The molecule has 0 N–H and O–H groups in total. The Labute approximate surface area is 169 Å². The molecule has 11 heteroatoms. The molecule has 1 aliphatic heterocycles. The van der Waals surface area contributed by atoms with Crippen LogP contribution in [0.1, 0.15) is 12.8 Å². The second-order valence-electron chi connectivity index (χ2n) is 5.96. The van der Waals surface area contributed by atoms with Crippen LogP contribution in [0.2, 0.25) is 0 Å². The lowest BCUT2D eigenvalue weighted by Gasteiger charge is -2.30. The lowest BCUT2D eigenvalue weighted by Crippen LogP contribution is -2.41. The molecule has 0 amide bonds. The van der Waals surface area contributed by atoms with E-state index < -0.39 is 10.0 Å². The van der Waals surface area contributed by atoms with Crippen LogP contribution in [-0.4, -0.2) is 51.9 Å². The summed E-state index contributed by atoms with van der Waals surface area (Å²) in [6, 6.07) is 8.71. The molecule has 0 aromatic carbocycles. The summed E-state index contributed by atoms with van der Waals surface area (Å²) in [5.41, 5.74) is 0. The molecule has 0 aliphatic carbocycles. The molecule has 142 valence electrons. The maximum absolute atomic E-state index is 12.7. The first-order chi connectivity index (χ1) is 13.0. The number of hydrogen-bond donors (Lipinski definition) is 0. The Kier molecular flexibility index (Phi) is 5.26. The van der Waals surface area contributed by atoms with Crippen molar-refractivity contribution >= 4 is 37.3 Å². The molecule has 8 nitrogen and oxygen atoms in total. The van der Waals surface area contributed by atoms with Gasteiger partial charge in [0.15, 0.2) is 5.82 Å². The number of sulfonamides is 1. The predicted molar refractivity (Wildman–Crippen MR) is 104 cm³/mol. The third-order valence-electron chi connectivity index (χ3n) is 4.20. The van der Waals surface area contributed by atoms with Crippen LogP contribution in [0.3, 0.4) is 0 Å². The van der Waals surface area contributed by atoms with E-state index in [4.69, 9.17) is 4.74 Å². The zero-order chi connectivity index (χ0) is 18.9. The standard InChI is InChI=1S/C16H16BrN5O3S2/c17-13-2-5-16(26-13)27(23,24)21-10-6-12(7-11-21)25-15-4-3-14(19-20-15)22-9-1-8-18-22/h1-5,8-9,12H,6-7,10-11H2. The number of hydrogen-bond acceptors (Lipinski definition) is 7. The Bertz CT molecular complexity index is 997. The summed E-state index contributed by atoms with van der Waals surface area (Å²) < 4.78 is 35.5. The first-order valence-electron chi connectivity index (χ1n) is 8.28. The monoisotopic (exact) mass is 469 g/mol. The maximum Gasteiger partial charge on any atom is 0.252 e. The summed E-state index contributed by atoms with van der Waals surface area (Å²) in [5.74, 6) is 1.03. The van der Waals surface area contributed by atoms with Crippen molar-refractivity contribution in [2.45, 2.75) is 23.2 Å². The van der Waals surface area contributed by atoms with Gasteiger partial charge in [0.05, 0.1) is 3.79 Å². The third kappa shape index (κ3) is 4.05. The van der Waals surface area contributed by atoms with E-state index in [1.807, 2.05) is 6.07 Å². The topological polar surface area (TPSA) is 90.2 Å². The molecule has 4 rings (SSSR count). The molecule has 3 aromatic rings. The molecule has 0 bridgehead atoms. The Hall–Kier alpha value is -1.82. The molecule has 0 radical (unpaired) electrons. The van der Waals surface area contributed by atoms with Gasteiger partial charge in [-0.3, -0.25) is 0 Å². The van der Waals surface area contributed by atoms with E-state index in [1.165, 1.54) is 15.6 Å². The second-order valence-corrected chi connectivity index (χ2v) is 10.6. The molecule has 1 fully saturated rings. The van der Waals surface area contributed by atoms with Gasteiger partial charge in [-0.25, -0.2) is 13.1 Å². The molecule has 27 heavy (non-hydrogen) atoms. The summed E-state index contributed by atoms with van der Waals surface area (Å²) in [6.07, 6.45) is 4.58. The van der Waals surface area contributed by atoms with Crippen molar-refractivity contribution in [3.8, 4) is 11.7 Å². The van der Waals surface area contributed by atoms with Gasteiger partial charge in [-0.2, -0.15) is 9.40 Å². The summed E-state index contributed by atoms with van der Waals surface area (Å²) in [5, 5.41) is 12.3. The van der Waals surface area contributed by atoms with Gasteiger partial charge in [0.25, 0.3) is 10.0 Å². The zero-order valence-corrected chi connectivity index (χ0v) is 17.3. The Morgan fingerprint density at radius 3 is 2.56 bits per heavy atom. The van der Waals surface area contributed by atoms with Crippen molar-refractivity contribution in [3.05, 3.63) is 46.5 Å². The zero-order valence-electron chi connectivity index (χ0n) is 14.1. The number of rotatable bonds is 5. The van der Waals surface area contributed by atoms with Gasteiger partial charge in [-0.1, -0.05) is 0 Å². The van der Waals surface area contributed by atoms with Gasteiger partial charge in [-0.05, 0) is 53.0 Å². The van der Waals surface area contributed by atoms with Gasteiger partial charge in [0.2, 0.25) is 5.88 Å². The van der Waals surface area contributed by atoms with Crippen LogP contribution in [0.5, 0.6) is 5.88 Å². The van der Waals surface area contributed by atoms with Crippen molar-refractivity contribution in [1.29, 1.82) is 0 Å². The van der Waals surface area contributed by atoms with Crippen molar-refractivity contribution in [2.75, 3.05) is 13.1 Å². The fraction of sp³-hybridized carbons (Fsp3) is 0.312. The summed E-state index contributed by atoms with van der Waals surface area (Å²) >= 11 is 4.53. The number of aromatic nitrogens is 4. The average Bonchev–Trinajstić information content (AvgIpc) is 3.35. The van der Waals surface area contributed by atoms with Crippen LogP contribution >= 0.6 is 27.3 Å². The van der Waals surface area contributed by atoms with E-state index in [1.54, 1.807) is 41.3 Å². The second kappa shape index (κ2) is 7.66. The highest BCUT2D eigenvalue weighted by Gasteiger charge is 2.31. The molecular weight excluding hydrogens is 454 g/mol. The molecule has 1 aliphatic rings. The van der Waals surface area contributed by atoms with Gasteiger partial charge in [0, 0.05) is 31.5 Å². The van der Waals surface area contributed by atoms with Crippen molar-refractivity contribution in [2.24, 2.45) is 0 Å². The fourth-order valence-electron chi connectivity index (χ4n) is 2.83. The van der Waals surface area contributed by atoms with Crippen LogP contribution in [0.15, 0.2) is 50.7 Å². The summed E-state index contributed by atoms with van der Waals surface area (Å²) in [4.78, 5) is 0. The first-order valence-corrected chi connectivity index (χ1v) is 11.3. The van der Waals surface area contributed by atoms with Gasteiger partial charge in [0.1, 0.15) is 10.3 Å². The number of nitrogens with zero attached hydrogens (tertiary/aromatic N) is 5. The molecule has 4 heterocycles. The van der Waals surface area contributed by atoms with Gasteiger partial charge in [-0.15, -0.1) is 21.5 Å². The average molecular weight is 470 g/mol. The van der Waals surface area contributed by atoms with Crippen LogP contribution in [0.25, 0.3) is 5.82 Å². The number of thiophene rings is 1. The number of piperidine rings is 1. The minimum atomic E-state index is -3.44. The highest BCUT2D eigenvalue weighted by molar-refractivity contribution is 9.11. The smallest absolute Gasteiger partial charge is 0.252 e. The SMILES string of the molecule is O=S(=O)(c1ccc(Br)s1)N1CCC(Oc2ccc(-n3cccn3)nn2)CC1. The minimum Gasteiger partial charge on any atom is -0.473 e. The Morgan fingerprint density at radius 2 is 1.96 bits per heavy atom. The van der Waals surface area contributed by atoms with Crippen molar-refractivity contribution in [3.63, 3.8) is 0 Å². The molecule has 1 saturated heterocycles. The normalized spacial score (nSPS) is 16.5. The molecule has 0 saturated carbocycles. The fourth-order valence-corrected chi connectivity index (χ4v) is 6.46. The molecule has 0 atom stereocenters. The minimum absolute atomic E-state index is 0.0867. The van der Waals surface area contributed by atoms with E-state index in [0.29, 0.717) is 41.8 Å². The largest absolute Gasteiger partial charge is 0.473 e. The van der Waals surface area contributed by atoms with E-state index in [0.717, 1.165) is 3.79 Å². The first kappa shape index (κ1) is 18.5. The van der Waals surface area contributed by atoms with Crippen molar-refractivity contribution in [1.82, 2.24) is 24.3 Å². The quantitative estimate of drug-likeness (QED) is 0.570. The highest BCUT2D eigenvalue weighted by atomic mass is 79.9. The summed E-state index contributed by atoms with van der Waals surface area (Å²) in [6.45, 7) is 0.836. The number of halogens is 1. The Morgan fingerprint density at radius 1 is 1.15 bits per heavy atom. The lowest BCUT2D eigenvalue weighted by atomic mass is 10.1. The van der Waals surface area contributed by atoms with E-state index >= 15 is 0 Å². The maximum atomic E-state index is 12.7. The van der Waals surface area contributed by atoms with Crippen LogP contribution in [0.4, 0.5) is 0 Å².